The number of imidazole rings is 1. The van der Waals surface area contributed by atoms with E-state index in [-0.39, 0.29) is 11.4 Å². The number of hydrogen-bond acceptors (Lipinski definition) is 8. The number of methoxy groups -OCH3 is 2. The molecule has 2 aromatic heterocycles. The summed E-state index contributed by atoms with van der Waals surface area (Å²) in [5, 5.41) is 24.7. The Bertz CT molecular complexity index is 2250. The molecule has 10 heteroatoms. The zero-order valence-corrected chi connectivity index (χ0v) is 30.9. The van der Waals surface area contributed by atoms with Gasteiger partial charge in [-0.3, -0.25) is 0 Å². The quantitative estimate of drug-likeness (QED) is 0.100. The normalized spacial score (nSPS) is 12.4. The van der Waals surface area contributed by atoms with E-state index >= 15 is 0 Å². The minimum absolute atomic E-state index is 0.184. The van der Waals surface area contributed by atoms with Crippen molar-refractivity contribution in [3.8, 4) is 22.5 Å². The Kier molecular flexibility index (Phi) is 10.1. The van der Waals surface area contributed by atoms with E-state index in [2.05, 4.69) is 52.7 Å². The van der Waals surface area contributed by atoms with Gasteiger partial charge in [0.2, 0.25) is 0 Å². The van der Waals surface area contributed by atoms with Gasteiger partial charge in [-0.15, -0.1) is 5.10 Å². The molecule has 7 aromatic rings. The molecule has 0 aliphatic heterocycles. The summed E-state index contributed by atoms with van der Waals surface area (Å²) in [4.78, 5) is 17.8. The second-order valence-electron chi connectivity index (χ2n) is 13.6. The first kappa shape index (κ1) is 36.1. The summed E-state index contributed by atoms with van der Waals surface area (Å²) in [5.74, 6) is 0.523. The van der Waals surface area contributed by atoms with Crippen molar-refractivity contribution < 1.29 is 19.4 Å². The van der Waals surface area contributed by atoms with Crippen molar-refractivity contribution >= 4 is 5.97 Å². The zero-order chi connectivity index (χ0) is 37.9. The van der Waals surface area contributed by atoms with Gasteiger partial charge >= 0.3 is 5.97 Å². The molecule has 2 heterocycles. The molecule has 7 rings (SSSR count). The lowest BCUT2D eigenvalue weighted by Crippen LogP contribution is -2.39. The first-order valence-corrected chi connectivity index (χ1v) is 17.8. The van der Waals surface area contributed by atoms with Crippen molar-refractivity contribution in [3.05, 3.63) is 179 Å². The number of benzene rings is 5. The molecule has 0 amide bonds. The van der Waals surface area contributed by atoms with Crippen molar-refractivity contribution in [2.24, 2.45) is 0 Å². The number of ether oxygens (including phenoxy) is 2. The number of rotatable bonds is 12. The van der Waals surface area contributed by atoms with Gasteiger partial charge < -0.3 is 19.1 Å². The van der Waals surface area contributed by atoms with Crippen LogP contribution in [0.4, 0.5) is 0 Å². The number of nitrogens with zero attached hydrogens (tertiary/aromatic N) is 6. The average Bonchev–Trinajstić information content (AvgIpc) is 3.85. The van der Waals surface area contributed by atoms with E-state index in [9.17, 15) is 9.90 Å². The highest BCUT2D eigenvalue weighted by Gasteiger charge is 2.42. The summed E-state index contributed by atoms with van der Waals surface area (Å²) in [6, 6.07) is 47.2. The topological polar surface area (TPSA) is 117 Å². The van der Waals surface area contributed by atoms with Gasteiger partial charge in [-0.25, -0.2) is 14.5 Å². The summed E-state index contributed by atoms with van der Waals surface area (Å²) >= 11 is 0. The molecule has 5 aromatic carbocycles. The van der Waals surface area contributed by atoms with Gasteiger partial charge in [-0.1, -0.05) is 140 Å². The number of tetrazole rings is 1. The number of aliphatic hydroxyl groups is 1. The molecule has 0 bridgehead atoms. The molecule has 0 radical (unpaired) electrons. The molecule has 54 heavy (non-hydrogen) atoms. The molecule has 1 unspecified atom stereocenters. The summed E-state index contributed by atoms with van der Waals surface area (Å²) in [5.41, 5.74) is 4.82. The lowest BCUT2D eigenvalue weighted by atomic mass is 9.77. The summed E-state index contributed by atoms with van der Waals surface area (Å²) in [7, 11) is 2.90. The lowest BCUT2D eigenvalue weighted by molar-refractivity contribution is 0.0532. The molecular formula is C44H42N6O4. The highest BCUT2D eigenvalue weighted by atomic mass is 16.5. The van der Waals surface area contributed by atoms with Crippen LogP contribution in [0.3, 0.4) is 0 Å². The van der Waals surface area contributed by atoms with Crippen molar-refractivity contribution in [1.82, 2.24) is 29.8 Å². The Balaban J connectivity index is 1.34. The van der Waals surface area contributed by atoms with Crippen LogP contribution in [-0.4, -0.2) is 55.1 Å². The Hall–Kier alpha value is -6.23. The van der Waals surface area contributed by atoms with Crippen molar-refractivity contribution in [2.75, 3.05) is 14.2 Å². The summed E-state index contributed by atoms with van der Waals surface area (Å²) in [6.07, 6.45) is -0.448. The van der Waals surface area contributed by atoms with Gasteiger partial charge in [-0.2, -0.15) is 0 Å². The minimum atomic E-state index is -1.39. The fourth-order valence-electron chi connectivity index (χ4n) is 7.16. The Labute approximate surface area is 314 Å². The number of aromatic nitrogens is 6. The van der Waals surface area contributed by atoms with E-state index in [0.29, 0.717) is 18.2 Å². The smallest absolute Gasteiger partial charge is 0.356 e. The Morgan fingerprint density at radius 1 is 0.741 bits per heavy atom. The number of carbonyl (C=O) groups excluding carboxylic acids is 1. The summed E-state index contributed by atoms with van der Waals surface area (Å²) in [6.45, 7) is 5.34. The van der Waals surface area contributed by atoms with Crippen LogP contribution >= 0.6 is 0 Å². The largest absolute Gasteiger partial charge is 0.464 e. The molecule has 0 saturated carbocycles. The zero-order valence-electron chi connectivity index (χ0n) is 30.9. The second kappa shape index (κ2) is 15.0. The standard InChI is InChI=1S/C44H42N6O4/c1-30(53-4)40-45-39(43(2,3)52)38(42(51)54-5)49(40)29-31-25-27-32(28-26-31)36-23-15-16-24-37(36)41-46-47-48-50(41)44(33-17-9-6-10-18-33,34-19-11-7-12-20-34)35-21-13-8-14-22-35/h6-28,30,52H,29H2,1-5H3. The minimum Gasteiger partial charge on any atom is -0.464 e. The predicted molar refractivity (Wildman–Crippen MR) is 207 cm³/mol. The molecule has 1 atom stereocenters. The molecule has 0 saturated heterocycles. The highest BCUT2D eigenvalue weighted by Crippen LogP contribution is 2.43. The SMILES string of the molecule is COC(=O)c1c(C(C)(C)O)nc(C(C)OC)n1Cc1ccc(-c2ccccc2-c2nnnn2C(c2ccccc2)(c2ccccc2)c2ccccc2)cc1. The maximum Gasteiger partial charge on any atom is 0.356 e. The first-order chi connectivity index (χ1) is 26.2. The lowest BCUT2D eigenvalue weighted by Gasteiger charge is -2.36. The molecule has 0 aliphatic rings. The molecule has 0 spiro atoms. The van der Waals surface area contributed by atoms with Crippen molar-refractivity contribution in [2.45, 2.75) is 44.6 Å². The van der Waals surface area contributed by atoms with E-state index in [1.807, 2.05) is 109 Å². The number of esters is 1. The van der Waals surface area contributed by atoms with Crippen LogP contribution in [0.5, 0.6) is 0 Å². The average molecular weight is 719 g/mol. The Morgan fingerprint density at radius 2 is 1.26 bits per heavy atom. The van der Waals surface area contributed by atoms with Crippen LogP contribution < -0.4 is 0 Å². The molecule has 0 fully saturated rings. The monoisotopic (exact) mass is 718 g/mol. The third kappa shape index (κ3) is 6.50. The van der Waals surface area contributed by atoms with Gasteiger partial charge in [0, 0.05) is 19.2 Å². The molecule has 1 N–H and O–H groups in total. The van der Waals surface area contributed by atoms with Gasteiger partial charge in [0.05, 0.1) is 7.11 Å². The number of carbonyl (C=O) groups is 1. The van der Waals surface area contributed by atoms with Crippen LogP contribution in [0.1, 0.15) is 71.1 Å². The van der Waals surface area contributed by atoms with E-state index in [1.54, 1.807) is 25.5 Å². The molecule has 0 aliphatic carbocycles. The first-order valence-electron chi connectivity index (χ1n) is 17.8. The van der Waals surface area contributed by atoms with Gasteiger partial charge in [0.25, 0.3) is 0 Å². The fourth-order valence-corrected chi connectivity index (χ4v) is 7.16. The van der Waals surface area contributed by atoms with Gasteiger partial charge in [-0.05, 0) is 64.6 Å². The highest BCUT2D eigenvalue weighted by molar-refractivity contribution is 5.89. The van der Waals surface area contributed by atoms with E-state index in [0.717, 1.165) is 38.9 Å². The van der Waals surface area contributed by atoms with Gasteiger partial charge in [0.1, 0.15) is 28.8 Å². The van der Waals surface area contributed by atoms with Crippen LogP contribution in [0.15, 0.2) is 140 Å². The van der Waals surface area contributed by atoms with Crippen molar-refractivity contribution in [3.63, 3.8) is 0 Å². The van der Waals surface area contributed by atoms with E-state index < -0.39 is 23.2 Å². The fraction of sp³-hybridized carbons (Fsp3) is 0.205. The van der Waals surface area contributed by atoms with E-state index in [4.69, 9.17) is 19.8 Å². The van der Waals surface area contributed by atoms with Crippen molar-refractivity contribution in [1.29, 1.82) is 0 Å². The molecular weight excluding hydrogens is 677 g/mol. The maximum absolute atomic E-state index is 13.1. The molecule has 272 valence electrons. The van der Waals surface area contributed by atoms with Gasteiger partial charge in [0.15, 0.2) is 11.5 Å². The van der Waals surface area contributed by atoms with E-state index in [1.165, 1.54) is 7.11 Å². The van der Waals surface area contributed by atoms with Crippen LogP contribution in [0.25, 0.3) is 22.5 Å². The predicted octanol–water partition coefficient (Wildman–Crippen LogP) is 7.81. The van der Waals surface area contributed by atoms with Crippen LogP contribution in [0.2, 0.25) is 0 Å². The number of hydrogen-bond donors (Lipinski definition) is 1. The summed E-state index contributed by atoms with van der Waals surface area (Å²) < 4.78 is 14.5. The third-order valence-electron chi connectivity index (χ3n) is 9.81. The maximum atomic E-state index is 13.1. The van der Waals surface area contributed by atoms with Crippen LogP contribution in [-0.2, 0) is 27.2 Å². The van der Waals surface area contributed by atoms with Crippen LogP contribution in [0, 0.1) is 0 Å². The second-order valence-corrected chi connectivity index (χ2v) is 13.6. The third-order valence-corrected chi connectivity index (χ3v) is 9.81. The Morgan fingerprint density at radius 3 is 1.76 bits per heavy atom. The molecule has 10 nitrogen and oxygen atoms in total.